The Morgan fingerprint density at radius 2 is 1.69 bits per heavy atom. The molecule has 0 unspecified atom stereocenters. The fraction of sp³-hybridized carbons (Fsp3) is 0.200. The first-order valence-corrected chi connectivity index (χ1v) is 11.7. The number of rotatable bonds is 5. The Balaban J connectivity index is 1.59. The smallest absolute Gasteiger partial charge is 0.271 e. The van der Waals surface area contributed by atoms with Crippen LogP contribution in [-0.4, -0.2) is 22.8 Å². The van der Waals surface area contributed by atoms with Crippen LogP contribution in [-0.2, 0) is 20.8 Å². The average molecular weight is 512 g/mol. The van der Waals surface area contributed by atoms with Gasteiger partial charge in [-0.1, -0.05) is 60.5 Å². The quantitative estimate of drug-likeness (QED) is 0.254. The molecular weight excluding hydrogens is 493 g/mol. The predicted octanol–water partition coefficient (Wildman–Crippen LogP) is 5.52. The van der Waals surface area contributed by atoms with Gasteiger partial charge in [-0.3, -0.25) is 24.5 Å². The lowest BCUT2D eigenvalue weighted by molar-refractivity contribution is -0.384. The first kappa shape index (κ1) is 23.3. The van der Waals surface area contributed by atoms with Crippen LogP contribution >= 0.6 is 23.2 Å². The number of carbonyl (C=O) groups excluding carboxylic acids is 2. The minimum Gasteiger partial charge on any atom is -0.273 e. The summed E-state index contributed by atoms with van der Waals surface area (Å²) in [6, 6.07) is 17.4. The maximum absolute atomic E-state index is 13.7. The minimum absolute atomic E-state index is 0.127. The molecule has 178 valence electrons. The molecule has 8 nitrogen and oxygen atoms in total. The summed E-state index contributed by atoms with van der Waals surface area (Å²) in [5.74, 6) is -1.86. The fourth-order valence-corrected chi connectivity index (χ4v) is 4.84. The molecule has 0 aromatic heterocycles. The number of nitro benzene ring substituents is 1. The lowest BCUT2D eigenvalue weighted by Gasteiger charge is -2.28. The van der Waals surface area contributed by atoms with Gasteiger partial charge in [0.1, 0.15) is 5.92 Å². The Hall–Kier alpha value is -3.46. The largest absolute Gasteiger partial charge is 0.273 e. The van der Waals surface area contributed by atoms with E-state index in [0.717, 1.165) is 22.4 Å². The Bertz CT molecular complexity index is 1350. The minimum atomic E-state index is -1.10. The normalized spacial score (nSPS) is 21.5. The number of hydroxylamine groups is 1. The van der Waals surface area contributed by atoms with Gasteiger partial charge in [0.2, 0.25) is 5.91 Å². The Labute approximate surface area is 210 Å². The monoisotopic (exact) mass is 511 g/mol. The van der Waals surface area contributed by atoms with Crippen LogP contribution in [0.3, 0.4) is 0 Å². The highest BCUT2D eigenvalue weighted by atomic mass is 35.5. The SMILES string of the molecule is CCc1ccc([C@@H]2[C@@H]3C(=O)N(c4ccc(Cl)c(Cl)c4)C(=O)[C@H]3ON2c2cccc([N+](=O)[O-])c2)cc1. The van der Waals surface area contributed by atoms with Crippen molar-refractivity contribution >= 4 is 52.1 Å². The van der Waals surface area contributed by atoms with Gasteiger partial charge < -0.3 is 0 Å². The van der Waals surface area contributed by atoms with Crippen LogP contribution < -0.4 is 9.96 Å². The van der Waals surface area contributed by atoms with E-state index in [1.54, 1.807) is 12.1 Å². The maximum atomic E-state index is 13.7. The third-order valence-electron chi connectivity index (χ3n) is 6.30. The van der Waals surface area contributed by atoms with Crippen LogP contribution in [0.25, 0.3) is 0 Å². The van der Waals surface area contributed by atoms with Crippen molar-refractivity contribution in [3.8, 4) is 0 Å². The number of anilines is 2. The van der Waals surface area contributed by atoms with Gasteiger partial charge in [0, 0.05) is 12.1 Å². The molecule has 0 aliphatic carbocycles. The number of aryl methyl sites for hydroxylation is 1. The molecule has 0 N–H and O–H groups in total. The fourth-order valence-electron chi connectivity index (χ4n) is 4.55. The zero-order valence-corrected chi connectivity index (χ0v) is 19.9. The van der Waals surface area contributed by atoms with Gasteiger partial charge >= 0.3 is 0 Å². The van der Waals surface area contributed by atoms with E-state index in [1.165, 1.54) is 35.4 Å². The van der Waals surface area contributed by atoms with Gasteiger partial charge in [0.15, 0.2) is 6.10 Å². The summed E-state index contributed by atoms with van der Waals surface area (Å²) in [6.07, 6.45) is -0.267. The van der Waals surface area contributed by atoms with Gasteiger partial charge in [0.05, 0.1) is 32.4 Å². The summed E-state index contributed by atoms with van der Waals surface area (Å²) < 4.78 is 0. The summed E-state index contributed by atoms with van der Waals surface area (Å²) in [5, 5.41) is 13.3. The number of benzene rings is 3. The number of carbonyl (C=O) groups is 2. The molecule has 5 rings (SSSR count). The number of halogens is 2. The Morgan fingerprint density at radius 1 is 0.943 bits per heavy atom. The number of nitro groups is 1. The van der Waals surface area contributed by atoms with Crippen LogP contribution in [0, 0.1) is 16.0 Å². The molecule has 10 heteroatoms. The molecule has 3 atom stereocenters. The number of hydrogen-bond acceptors (Lipinski definition) is 6. The van der Waals surface area contributed by atoms with E-state index in [0.29, 0.717) is 16.4 Å². The molecule has 0 saturated carbocycles. The van der Waals surface area contributed by atoms with Crippen molar-refractivity contribution in [1.29, 1.82) is 0 Å². The number of fused-ring (bicyclic) bond motifs is 1. The third kappa shape index (κ3) is 3.93. The van der Waals surface area contributed by atoms with Gasteiger partial charge in [-0.15, -0.1) is 0 Å². The van der Waals surface area contributed by atoms with Crippen LogP contribution in [0.1, 0.15) is 24.1 Å². The topological polar surface area (TPSA) is 93.0 Å². The second kappa shape index (κ2) is 8.96. The molecule has 2 heterocycles. The second-order valence-corrected chi connectivity index (χ2v) is 9.12. The summed E-state index contributed by atoms with van der Waals surface area (Å²) in [7, 11) is 0. The molecule has 0 spiro atoms. The molecule has 3 aromatic carbocycles. The zero-order valence-electron chi connectivity index (χ0n) is 18.4. The van der Waals surface area contributed by atoms with E-state index in [4.69, 9.17) is 28.0 Å². The molecule has 2 saturated heterocycles. The van der Waals surface area contributed by atoms with Gasteiger partial charge in [-0.2, -0.15) is 0 Å². The van der Waals surface area contributed by atoms with Gasteiger partial charge in [-0.05, 0) is 41.8 Å². The molecule has 3 aromatic rings. The molecule has 2 amide bonds. The lowest BCUT2D eigenvalue weighted by Crippen LogP contribution is -2.37. The van der Waals surface area contributed by atoms with Crippen molar-refractivity contribution in [2.45, 2.75) is 25.5 Å². The first-order chi connectivity index (χ1) is 16.8. The molecule has 2 aliphatic heterocycles. The van der Waals surface area contributed by atoms with Crippen molar-refractivity contribution < 1.29 is 19.3 Å². The van der Waals surface area contributed by atoms with Crippen molar-refractivity contribution in [2.75, 3.05) is 9.96 Å². The molecule has 0 bridgehead atoms. The van der Waals surface area contributed by atoms with Gasteiger partial charge in [0.25, 0.3) is 11.6 Å². The van der Waals surface area contributed by atoms with Crippen molar-refractivity contribution in [2.24, 2.45) is 5.92 Å². The maximum Gasteiger partial charge on any atom is 0.271 e. The molecule has 2 aliphatic rings. The molecule has 0 radical (unpaired) electrons. The highest BCUT2D eigenvalue weighted by Crippen LogP contribution is 2.48. The van der Waals surface area contributed by atoms with E-state index >= 15 is 0 Å². The molecule has 35 heavy (non-hydrogen) atoms. The van der Waals surface area contributed by atoms with Gasteiger partial charge in [-0.25, -0.2) is 9.96 Å². The Morgan fingerprint density at radius 3 is 2.34 bits per heavy atom. The number of nitrogens with zero attached hydrogens (tertiary/aromatic N) is 3. The molecule has 2 fully saturated rings. The van der Waals surface area contributed by atoms with Crippen molar-refractivity contribution in [1.82, 2.24) is 0 Å². The summed E-state index contributed by atoms with van der Waals surface area (Å²) in [6.45, 7) is 2.04. The number of imide groups is 1. The van der Waals surface area contributed by atoms with E-state index in [9.17, 15) is 19.7 Å². The van der Waals surface area contributed by atoms with Crippen LogP contribution in [0.5, 0.6) is 0 Å². The van der Waals surface area contributed by atoms with Crippen molar-refractivity contribution in [3.05, 3.63) is 98.0 Å². The summed E-state index contributed by atoms with van der Waals surface area (Å²) >= 11 is 12.1. The summed E-state index contributed by atoms with van der Waals surface area (Å²) in [5.41, 5.74) is 2.41. The number of hydrogen-bond donors (Lipinski definition) is 0. The standard InChI is InChI=1S/C25H19Cl2N3O5/c1-2-14-6-8-15(9-7-14)22-21-23(35-29(22)17-4-3-5-18(12-17)30(33)34)25(32)28(24(21)31)16-10-11-19(26)20(27)13-16/h3-13,21-23H,2H2,1H3/t21-,22+,23-/m0/s1. The molecular formula is C25H19Cl2N3O5. The van der Waals surface area contributed by atoms with Crippen LogP contribution in [0.15, 0.2) is 66.7 Å². The highest BCUT2D eigenvalue weighted by molar-refractivity contribution is 6.42. The highest BCUT2D eigenvalue weighted by Gasteiger charge is 2.60. The summed E-state index contributed by atoms with van der Waals surface area (Å²) in [4.78, 5) is 45.0. The zero-order chi connectivity index (χ0) is 24.9. The predicted molar refractivity (Wildman–Crippen MR) is 131 cm³/mol. The van der Waals surface area contributed by atoms with Crippen LogP contribution in [0.4, 0.5) is 17.1 Å². The second-order valence-electron chi connectivity index (χ2n) is 8.30. The van der Waals surface area contributed by atoms with E-state index in [2.05, 4.69) is 0 Å². The lowest BCUT2D eigenvalue weighted by atomic mass is 9.90. The van der Waals surface area contributed by atoms with E-state index in [1.807, 2.05) is 31.2 Å². The third-order valence-corrected chi connectivity index (χ3v) is 7.04. The van der Waals surface area contributed by atoms with Crippen molar-refractivity contribution in [3.63, 3.8) is 0 Å². The average Bonchev–Trinajstić information content (AvgIpc) is 3.37. The Kier molecular flexibility index (Phi) is 5.96. The number of amides is 2. The van der Waals surface area contributed by atoms with E-state index < -0.39 is 34.8 Å². The first-order valence-electron chi connectivity index (χ1n) is 10.9. The number of non-ortho nitro benzene ring substituents is 1. The van der Waals surface area contributed by atoms with E-state index in [-0.39, 0.29) is 10.7 Å². The van der Waals surface area contributed by atoms with Crippen LogP contribution in [0.2, 0.25) is 10.0 Å².